The highest BCUT2D eigenvalue weighted by Gasteiger charge is 2.20. The number of aliphatic hydroxyl groups excluding tert-OH is 1. The summed E-state index contributed by atoms with van der Waals surface area (Å²) in [5.74, 6) is 0.261. The second-order valence-electron chi connectivity index (χ2n) is 7.44. The second kappa shape index (κ2) is 14.1. The van der Waals surface area contributed by atoms with Crippen molar-refractivity contribution in [3.05, 3.63) is 35.6 Å². The van der Waals surface area contributed by atoms with Crippen LogP contribution in [0.5, 0.6) is 0 Å². The maximum Gasteiger partial charge on any atom is 0.191 e. The van der Waals surface area contributed by atoms with E-state index in [1.165, 1.54) is 6.07 Å². The molecule has 1 saturated heterocycles. The van der Waals surface area contributed by atoms with Crippen molar-refractivity contribution in [1.29, 1.82) is 0 Å². The fourth-order valence-corrected chi connectivity index (χ4v) is 3.25. The number of halogens is 2. The molecule has 1 heterocycles. The van der Waals surface area contributed by atoms with Crippen LogP contribution in [0, 0.1) is 5.82 Å². The molecule has 1 aromatic carbocycles. The zero-order valence-corrected chi connectivity index (χ0v) is 20.1. The first-order chi connectivity index (χ1) is 13.5. The van der Waals surface area contributed by atoms with Crippen molar-refractivity contribution in [2.24, 2.45) is 4.99 Å². The minimum Gasteiger partial charge on any atom is -0.386 e. The number of piperidine rings is 1. The van der Waals surface area contributed by atoms with E-state index in [4.69, 9.17) is 4.74 Å². The first-order valence-electron chi connectivity index (χ1n) is 10.3. The van der Waals surface area contributed by atoms with Gasteiger partial charge in [0.25, 0.3) is 0 Å². The summed E-state index contributed by atoms with van der Waals surface area (Å²) in [5.41, 5.74) is 0.277. The van der Waals surface area contributed by atoms with Gasteiger partial charge in [0.2, 0.25) is 0 Å². The Bertz CT molecular complexity index is 610. The standard InChI is InChI=1S/C21H35FN4O2.HI/c1-4-23-21(24-15-20(27)18-7-5-6-8-19(18)22)25-17-9-11-26(12-10-17)13-14-28-16(2)3;/h5-8,16-17,20,27H,4,9-15H2,1-3H3,(H2,23,24,25);1H. The Morgan fingerprint density at radius 3 is 2.62 bits per heavy atom. The minimum absolute atomic E-state index is 0. The number of hydrogen-bond donors (Lipinski definition) is 3. The lowest BCUT2D eigenvalue weighted by molar-refractivity contribution is 0.0532. The van der Waals surface area contributed by atoms with Crippen molar-refractivity contribution in [1.82, 2.24) is 15.5 Å². The lowest BCUT2D eigenvalue weighted by Crippen LogP contribution is -2.49. The Kier molecular flexibility index (Phi) is 12.7. The summed E-state index contributed by atoms with van der Waals surface area (Å²) in [4.78, 5) is 6.88. The molecule has 0 spiro atoms. The summed E-state index contributed by atoms with van der Waals surface area (Å²) < 4.78 is 19.4. The average molecular weight is 522 g/mol. The lowest BCUT2D eigenvalue weighted by atomic mass is 10.1. The highest BCUT2D eigenvalue weighted by molar-refractivity contribution is 14.0. The Morgan fingerprint density at radius 2 is 2.00 bits per heavy atom. The van der Waals surface area contributed by atoms with Crippen LogP contribution in [0.15, 0.2) is 29.3 Å². The van der Waals surface area contributed by atoms with Gasteiger partial charge in [-0.05, 0) is 39.7 Å². The molecule has 1 aliphatic rings. The quantitative estimate of drug-likeness (QED) is 0.265. The van der Waals surface area contributed by atoms with Crippen LogP contribution in [0.25, 0.3) is 0 Å². The maximum atomic E-state index is 13.8. The number of likely N-dealkylation sites (tertiary alicyclic amines) is 1. The van der Waals surface area contributed by atoms with Gasteiger partial charge in [-0.2, -0.15) is 0 Å². The smallest absolute Gasteiger partial charge is 0.191 e. The van der Waals surface area contributed by atoms with Crippen LogP contribution in [-0.4, -0.2) is 67.4 Å². The molecule has 29 heavy (non-hydrogen) atoms. The van der Waals surface area contributed by atoms with E-state index in [1.54, 1.807) is 18.2 Å². The molecule has 8 heteroatoms. The molecular formula is C21H36FIN4O2. The second-order valence-corrected chi connectivity index (χ2v) is 7.44. The fourth-order valence-electron chi connectivity index (χ4n) is 3.25. The summed E-state index contributed by atoms with van der Waals surface area (Å²) in [6.07, 6.45) is 1.38. The fraction of sp³-hybridized carbons (Fsp3) is 0.667. The van der Waals surface area contributed by atoms with Gasteiger partial charge in [-0.25, -0.2) is 4.39 Å². The van der Waals surface area contributed by atoms with Crippen LogP contribution < -0.4 is 10.6 Å². The van der Waals surface area contributed by atoms with Gasteiger partial charge in [0.1, 0.15) is 11.9 Å². The molecule has 3 N–H and O–H groups in total. The number of rotatable bonds is 9. The van der Waals surface area contributed by atoms with Crippen molar-refractivity contribution >= 4 is 29.9 Å². The molecule has 0 bridgehead atoms. The summed E-state index contributed by atoms with van der Waals surface area (Å²) >= 11 is 0. The topological polar surface area (TPSA) is 69.1 Å². The lowest BCUT2D eigenvalue weighted by Gasteiger charge is -2.33. The summed E-state index contributed by atoms with van der Waals surface area (Å²) in [5, 5.41) is 16.9. The van der Waals surface area contributed by atoms with Crippen LogP contribution in [0.2, 0.25) is 0 Å². The Balaban J connectivity index is 0.00000420. The maximum absolute atomic E-state index is 13.8. The number of benzene rings is 1. The van der Waals surface area contributed by atoms with E-state index in [-0.39, 0.29) is 42.2 Å². The summed E-state index contributed by atoms with van der Waals surface area (Å²) in [6, 6.07) is 6.61. The molecule has 1 unspecified atom stereocenters. The SMILES string of the molecule is CCNC(=NCC(O)c1ccccc1F)NC1CCN(CCOC(C)C)CC1.I. The summed E-state index contributed by atoms with van der Waals surface area (Å²) in [6.45, 7) is 10.7. The summed E-state index contributed by atoms with van der Waals surface area (Å²) in [7, 11) is 0. The average Bonchev–Trinajstić information content (AvgIpc) is 2.67. The molecular weight excluding hydrogens is 486 g/mol. The first kappa shape index (κ1) is 26.1. The predicted octanol–water partition coefficient (Wildman–Crippen LogP) is 2.92. The third kappa shape index (κ3) is 9.59. The van der Waals surface area contributed by atoms with E-state index < -0.39 is 11.9 Å². The third-order valence-electron chi connectivity index (χ3n) is 4.82. The van der Waals surface area contributed by atoms with E-state index >= 15 is 0 Å². The number of aliphatic hydroxyl groups is 1. The number of hydrogen-bond acceptors (Lipinski definition) is 4. The zero-order chi connectivity index (χ0) is 20.4. The molecule has 1 fully saturated rings. The van der Waals surface area contributed by atoms with Crippen LogP contribution in [-0.2, 0) is 4.74 Å². The molecule has 1 atom stereocenters. The predicted molar refractivity (Wildman–Crippen MR) is 126 cm³/mol. The van der Waals surface area contributed by atoms with E-state index in [9.17, 15) is 9.50 Å². The van der Waals surface area contributed by atoms with E-state index in [1.807, 2.05) is 6.92 Å². The van der Waals surface area contributed by atoms with Gasteiger partial charge in [-0.15, -0.1) is 24.0 Å². The highest BCUT2D eigenvalue weighted by Crippen LogP contribution is 2.17. The van der Waals surface area contributed by atoms with Crippen molar-refractivity contribution in [2.75, 3.05) is 39.3 Å². The number of nitrogens with zero attached hydrogens (tertiary/aromatic N) is 2. The van der Waals surface area contributed by atoms with Crippen LogP contribution in [0.4, 0.5) is 4.39 Å². The van der Waals surface area contributed by atoms with E-state index in [0.717, 1.165) is 45.6 Å². The molecule has 0 aliphatic carbocycles. The third-order valence-corrected chi connectivity index (χ3v) is 4.82. The van der Waals surface area contributed by atoms with Gasteiger partial charge in [0.05, 0.1) is 19.3 Å². The first-order valence-corrected chi connectivity index (χ1v) is 10.3. The van der Waals surface area contributed by atoms with Crippen molar-refractivity contribution in [3.8, 4) is 0 Å². The molecule has 0 amide bonds. The molecule has 1 aliphatic heterocycles. The van der Waals surface area contributed by atoms with Gasteiger partial charge < -0.3 is 25.4 Å². The van der Waals surface area contributed by atoms with Crippen molar-refractivity contribution < 1.29 is 14.2 Å². The monoisotopic (exact) mass is 522 g/mol. The van der Waals surface area contributed by atoms with Gasteiger partial charge in [-0.3, -0.25) is 4.99 Å². The molecule has 1 aromatic rings. The Labute approximate surface area is 191 Å². The number of aliphatic imine (C=N–C) groups is 1. The number of ether oxygens (including phenoxy) is 1. The van der Waals surface area contributed by atoms with Crippen LogP contribution in [0.1, 0.15) is 45.3 Å². The van der Waals surface area contributed by atoms with Crippen molar-refractivity contribution in [3.63, 3.8) is 0 Å². The van der Waals surface area contributed by atoms with E-state index in [0.29, 0.717) is 12.0 Å². The molecule has 6 nitrogen and oxygen atoms in total. The van der Waals surface area contributed by atoms with E-state index in [2.05, 4.69) is 34.4 Å². The van der Waals surface area contributed by atoms with Gasteiger partial charge >= 0.3 is 0 Å². The molecule has 166 valence electrons. The number of nitrogens with one attached hydrogen (secondary N) is 2. The van der Waals surface area contributed by atoms with Gasteiger partial charge in [-0.1, -0.05) is 18.2 Å². The largest absolute Gasteiger partial charge is 0.386 e. The van der Waals surface area contributed by atoms with Gasteiger partial charge in [0, 0.05) is 37.8 Å². The molecule has 2 rings (SSSR count). The normalized spacial score (nSPS) is 17.1. The van der Waals surface area contributed by atoms with Crippen LogP contribution in [0.3, 0.4) is 0 Å². The van der Waals surface area contributed by atoms with Crippen LogP contribution >= 0.6 is 24.0 Å². The number of guanidine groups is 1. The van der Waals surface area contributed by atoms with Crippen molar-refractivity contribution in [2.45, 2.75) is 51.9 Å². The molecule has 0 aromatic heterocycles. The van der Waals surface area contributed by atoms with Gasteiger partial charge in [0.15, 0.2) is 5.96 Å². The Hall–Kier alpha value is -0.970. The molecule has 0 saturated carbocycles. The zero-order valence-electron chi connectivity index (χ0n) is 17.7. The highest BCUT2D eigenvalue weighted by atomic mass is 127. The molecule has 0 radical (unpaired) electrons. The minimum atomic E-state index is -0.959. The Morgan fingerprint density at radius 1 is 1.31 bits per heavy atom.